The third-order valence-electron chi connectivity index (χ3n) is 3.11. The number of hydrogen-bond acceptors (Lipinski definition) is 5. The topological polar surface area (TPSA) is 94.9 Å². The highest BCUT2D eigenvalue weighted by Crippen LogP contribution is 2.15. The van der Waals surface area contributed by atoms with Gasteiger partial charge in [-0.1, -0.05) is 5.21 Å². The van der Waals surface area contributed by atoms with Gasteiger partial charge in [0.05, 0.1) is 12.7 Å². The van der Waals surface area contributed by atoms with Crippen LogP contribution >= 0.6 is 0 Å². The predicted octanol–water partition coefficient (Wildman–Crippen LogP) is -1.05. The smallest absolute Gasteiger partial charge is 0.330 e. The highest BCUT2D eigenvalue weighted by atomic mass is 16.3. The Morgan fingerprint density at radius 1 is 1.25 bits per heavy atom. The summed E-state index contributed by atoms with van der Waals surface area (Å²) < 4.78 is 3.89. The van der Waals surface area contributed by atoms with Crippen LogP contribution in [0.4, 0.5) is 0 Å². The van der Waals surface area contributed by atoms with E-state index in [1.165, 1.54) is 22.4 Å². The van der Waals surface area contributed by atoms with Crippen LogP contribution in [-0.2, 0) is 26.2 Å². The maximum Gasteiger partial charge on any atom is 0.330 e. The first kappa shape index (κ1) is 14.2. The summed E-state index contributed by atoms with van der Waals surface area (Å²) in [6.07, 6.45) is 1.59. The van der Waals surface area contributed by atoms with Crippen molar-refractivity contribution in [2.45, 2.75) is 26.0 Å². The minimum Gasteiger partial charge on any atom is -0.384 e. The summed E-state index contributed by atoms with van der Waals surface area (Å²) in [5.41, 5.74) is -0.908. The minimum atomic E-state index is -1.09. The van der Waals surface area contributed by atoms with E-state index < -0.39 is 11.3 Å². The largest absolute Gasteiger partial charge is 0.384 e. The van der Waals surface area contributed by atoms with Crippen molar-refractivity contribution in [2.24, 2.45) is 14.1 Å². The molecule has 0 aliphatic carbocycles. The van der Waals surface area contributed by atoms with Crippen LogP contribution in [-0.4, -0.2) is 29.2 Å². The van der Waals surface area contributed by atoms with Crippen molar-refractivity contribution in [1.82, 2.24) is 24.1 Å². The molecule has 8 nitrogen and oxygen atoms in total. The molecule has 0 aliphatic rings. The molecular formula is C12H17N5O3. The van der Waals surface area contributed by atoms with Gasteiger partial charge in [0.15, 0.2) is 0 Å². The molecule has 0 atom stereocenters. The molecule has 20 heavy (non-hydrogen) atoms. The van der Waals surface area contributed by atoms with Crippen molar-refractivity contribution >= 4 is 0 Å². The molecule has 2 rings (SSSR count). The Labute approximate surface area is 114 Å². The van der Waals surface area contributed by atoms with Gasteiger partial charge in [0.2, 0.25) is 0 Å². The average molecular weight is 279 g/mol. The van der Waals surface area contributed by atoms with Crippen molar-refractivity contribution in [2.75, 3.05) is 0 Å². The highest BCUT2D eigenvalue weighted by Gasteiger charge is 2.20. The molecule has 0 amide bonds. The van der Waals surface area contributed by atoms with Crippen LogP contribution in [0.15, 0.2) is 21.9 Å². The Morgan fingerprint density at radius 2 is 1.90 bits per heavy atom. The van der Waals surface area contributed by atoms with Crippen LogP contribution in [0.25, 0.3) is 0 Å². The van der Waals surface area contributed by atoms with E-state index in [4.69, 9.17) is 0 Å². The van der Waals surface area contributed by atoms with E-state index in [2.05, 4.69) is 10.3 Å². The fourth-order valence-electron chi connectivity index (χ4n) is 1.75. The van der Waals surface area contributed by atoms with Crippen molar-refractivity contribution in [3.05, 3.63) is 44.5 Å². The van der Waals surface area contributed by atoms with E-state index in [1.807, 2.05) is 0 Å². The van der Waals surface area contributed by atoms with E-state index in [0.717, 1.165) is 4.57 Å². The Bertz CT molecular complexity index is 748. The quantitative estimate of drug-likeness (QED) is 0.773. The molecule has 0 spiro atoms. The van der Waals surface area contributed by atoms with Gasteiger partial charge in [-0.3, -0.25) is 13.9 Å². The van der Waals surface area contributed by atoms with Gasteiger partial charge in [-0.2, -0.15) is 0 Å². The Morgan fingerprint density at radius 3 is 2.45 bits per heavy atom. The lowest BCUT2D eigenvalue weighted by Gasteiger charge is -2.12. The van der Waals surface area contributed by atoms with Crippen LogP contribution in [0, 0.1) is 0 Å². The summed E-state index contributed by atoms with van der Waals surface area (Å²) in [5.74, 6) is 0. The molecule has 1 N–H and O–H groups in total. The van der Waals surface area contributed by atoms with Crippen molar-refractivity contribution in [3.8, 4) is 0 Å². The number of aromatic nitrogens is 5. The average Bonchev–Trinajstić information content (AvgIpc) is 2.82. The first-order valence-corrected chi connectivity index (χ1v) is 6.09. The molecule has 0 aliphatic heterocycles. The number of rotatable bonds is 3. The van der Waals surface area contributed by atoms with Crippen LogP contribution in [0.5, 0.6) is 0 Å². The Hall–Kier alpha value is -2.22. The number of nitrogens with zero attached hydrogens (tertiary/aromatic N) is 5. The van der Waals surface area contributed by atoms with E-state index in [1.54, 1.807) is 27.1 Å². The summed E-state index contributed by atoms with van der Waals surface area (Å²) in [6.45, 7) is 3.44. The lowest BCUT2D eigenvalue weighted by molar-refractivity contribution is 0.0737. The summed E-state index contributed by atoms with van der Waals surface area (Å²) in [4.78, 5) is 23.4. The van der Waals surface area contributed by atoms with Gasteiger partial charge < -0.3 is 5.11 Å². The van der Waals surface area contributed by atoms with Gasteiger partial charge in [0.25, 0.3) is 5.56 Å². The van der Waals surface area contributed by atoms with E-state index in [0.29, 0.717) is 11.4 Å². The second-order valence-electron chi connectivity index (χ2n) is 5.23. The van der Waals surface area contributed by atoms with Crippen LogP contribution in [0.2, 0.25) is 0 Å². The normalized spacial score (nSPS) is 11.8. The van der Waals surface area contributed by atoms with E-state index >= 15 is 0 Å². The van der Waals surface area contributed by atoms with Crippen LogP contribution in [0.3, 0.4) is 0 Å². The standard InChI is InChI=1S/C12H17N5O3/c1-12(2,20)9-7-17(14-13-9)6-8-5-10(18)16(4)11(19)15(8)3/h5,7,20H,6H2,1-4H3. The number of hydrogen-bond donors (Lipinski definition) is 1. The Balaban J connectivity index is 2.39. The van der Waals surface area contributed by atoms with Gasteiger partial charge in [-0.15, -0.1) is 5.10 Å². The fraction of sp³-hybridized carbons (Fsp3) is 0.500. The molecule has 108 valence electrons. The van der Waals surface area contributed by atoms with Gasteiger partial charge in [-0.05, 0) is 13.8 Å². The third kappa shape index (κ3) is 2.55. The molecule has 0 saturated heterocycles. The van der Waals surface area contributed by atoms with Crippen LogP contribution in [0.1, 0.15) is 25.2 Å². The first-order chi connectivity index (χ1) is 9.20. The van der Waals surface area contributed by atoms with Gasteiger partial charge >= 0.3 is 5.69 Å². The monoisotopic (exact) mass is 279 g/mol. The van der Waals surface area contributed by atoms with Gasteiger partial charge in [0.1, 0.15) is 11.3 Å². The molecule has 0 unspecified atom stereocenters. The zero-order chi connectivity index (χ0) is 15.1. The third-order valence-corrected chi connectivity index (χ3v) is 3.11. The molecule has 0 radical (unpaired) electrons. The summed E-state index contributed by atoms with van der Waals surface area (Å²) >= 11 is 0. The minimum absolute atomic E-state index is 0.227. The zero-order valence-corrected chi connectivity index (χ0v) is 11.9. The molecule has 8 heteroatoms. The van der Waals surface area contributed by atoms with Crippen molar-refractivity contribution in [3.63, 3.8) is 0 Å². The molecule has 2 aromatic rings. The lowest BCUT2D eigenvalue weighted by Crippen LogP contribution is -2.38. The predicted molar refractivity (Wildman–Crippen MR) is 71.3 cm³/mol. The maximum atomic E-state index is 11.8. The molecule has 0 fully saturated rings. The van der Waals surface area contributed by atoms with Crippen molar-refractivity contribution < 1.29 is 5.11 Å². The highest BCUT2D eigenvalue weighted by molar-refractivity contribution is 5.06. The molecule has 0 aromatic carbocycles. The van der Waals surface area contributed by atoms with Crippen molar-refractivity contribution in [1.29, 1.82) is 0 Å². The van der Waals surface area contributed by atoms with Gasteiger partial charge in [0, 0.05) is 25.9 Å². The summed E-state index contributed by atoms with van der Waals surface area (Å²) in [5, 5.41) is 17.6. The number of aliphatic hydroxyl groups is 1. The maximum absolute atomic E-state index is 11.8. The second-order valence-corrected chi connectivity index (χ2v) is 5.23. The molecule has 2 aromatic heterocycles. The second kappa shape index (κ2) is 4.71. The van der Waals surface area contributed by atoms with Crippen LogP contribution < -0.4 is 11.2 Å². The SMILES string of the molecule is Cn1c(Cn2cc(C(C)(C)O)nn2)cc(=O)n(C)c1=O. The van der Waals surface area contributed by atoms with Gasteiger partial charge in [-0.25, -0.2) is 9.48 Å². The summed E-state index contributed by atoms with van der Waals surface area (Å²) in [6, 6.07) is 1.38. The lowest BCUT2D eigenvalue weighted by atomic mass is 10.1. The molecule has 2 heterocycles. The molecule has 0 saturated carbocycles. The Kier molecular flexibility index (Phi) is 3.34. The fourth-order valence-corrected chi connectivity index (χ4v) is 1.75. The zero-order valence-electron chi connectivity index (χ0n) is 11.9. The van der Waals surface area contributed by atoms with E-state index in [9.17, 15) is 14.7 Å². The molecule has 0 bridgehead atoms. The first-order valence-electron chi connectivity index (χ1n) is 6.09. The van der Waals surface area contributed by atoms with E-state index in [-0.39, 0.29) is 12.1 Å². The molecular weight excluding hydrogens is 262 g/mol. The summed E-state index contributed by atoms with van der Waals surface area (Å²) in [7, 11) is 3.02.